The molecular weight excluding hydrogens is 252 g/mol. The van der Waals surface area contributed by atoms with E-state index in [4.69, 9.17) is 0 Å². The van der Waals surface area contributed by atoms with Crippen molar-refractivity contribution in [2.24, 2.45) is 0 Å². The summed E-state index contributed by atoms with van der Waals surface area (Å²) in [5.74, 6) is -0.255. The van der Waals surface area contributed by atoms with E-state index < -0.39 is 0 Å². The second-order valence-corrected chi connectivity index (χ2v) is 4.25. The number of carbonyl (C=O) groups excluding carboxylic acids is 2. The van der Waals surface area contributed by atoms with Crippen molar-refractivity contribution in [2.45, 2.75) is 27.2 Å². The maximum atomic E-state index is 11.7. The van der Waals surface area contributed by atoms with Crippen molar-refractivity contribution in [1.29, 1.82) is 0 Å². The summed E-state index contributed by atoms with van der Waals surface area (Å²) < 4.78 is 0. The lowest BCUT2D eigenvalue weighted by Gasteiger charge is -2.12. The number of hydrogen-bond donors (Lipinski definition) is 2. The Morgan fingerprint density at radius 3 is 2.40 bits per heavy atom. The van der Waals surface area contributed by atoms with Crippen LogP contribution in [0, 0.1) is 6.92 Å². The number of carbonyl (C=O) groups is 2. The molecule has 1 rings (SSSR count). The molecular formula is C16H20N2O2. The van der Waals surface area contributed by atoms with Crippen LogP contribution in [-0.2, 0) is 9.59 Å². The largest absolute Gasteiger partial charge is 0.326 e. The fraction of sp³-hybridized carbons (Fsp3) is 0.250. The quantitative estimate of drug-likeness (QED) is 0.637. The summed E-state index contributed by atoms with van der Waals surface area (Å²) >= 11 is 0. The molecule has 0 aliphatic heterocycles. The van der Waals surface area contributed by atoms with Crippen LogP contribution in [0.4, 0.5) is 11.4 Å². The molecule has 2 amide bonds. The molecule has 0 aliphatic rings. The van der Waals surface area contributed by atoms with Crippen LogP contribution < -0.4 is 10.6 Å². The van der Waals surface area contributed by atoms with Gasteiger partial charge in [0.05, 0.1) is 0 Å². The third-order valence-electron chi connectivity index (χ3n) is 2.74. The van der Waals surface area contributed by atoms with Gasteiger partial charge in [-0.25, -0.2) is 0 Å². The number of hydrogen-bond acceptors (Lipinski definition) is 2. The molecule has 20 heavy (non-hydrogen) atoms. The van der Waals surface area contributed by atoms with Crippen LogP contribution in [0.3, 0.4) is 0 Å². The Morgan fingerprint density at radius 1 is 1.15 bits per heavy atom. The van der Waals surface area contributed by atoms with E-state index in [0.29, 0.717) is 17.8 Å². The van der Waals surface area contributed by atoms with Crippen molar-refractivity contribution >= 4 is 23.2 Å². The normalized spacial score (nSPS) is 10.9. The van der Waals surface area contributed by atoms with E-state index >= 15 is 0 Å². The molecule has 0 fully saturated rings. The number of allylic oxidation sites excluding steroid dienone is 3. The Bertz CT molecular complexity index is 545. The minimum atomic E-state index is -0.204. The van der Waals surface area contributed by atoms with Gasteiger partial charge in [-0.1, -0.05) is 31.2 Å². The molecule has 0 radical (unpaired) electrons. The molecule has 0 aliphatic carbocycles. The summed E-state index contributed by atoms with van der Waals surface area (Å²) in [7, 11) is 0. The first-order chi connectivity index (χ1) is 9.58. The van der Waals surface area contributed by atoms with Gasteiger partial charge in [0.25, 0.3) is 0 Å². The SMILES string of the molecule is C/C=C\C=C\C(=O)Nc1cccc(NC(=O)CC)c1C. The van der Waals surface area contributed by atoms with E-state index in [-0.39, 0.29) is 11.8 Å². The maximum Gasteiger partial charge on any atom is 0.248 e. The zero-order chi connectivity index (χ0) is 15.0. The average Bonchev–Trinajstić information content (AvgIpc) is 2.43. The van der Waals surface area contributed by atoms with Crippen LogP contribution in [0.25, 0.3) is 0 Å². The average molecular weight is 272 g/mol. The summed E-state index contributed by atoms with van der Waals surface area (Å²) in [6.45, 7) is 5.53. The summed E-state index contributed by atoms with van der Waals surface area (Å²) in [6.07, 6.45) is 7.17. The number of benzene rings is 1. The van der Waals surface area contributed by atoms with Gasteiger partial charge in [0, 0.05) is 23.9 Å². The molecule has 0 atom stereocenters. The van der Waals surface area contributed by atoms with Crippen LogP contribution in [0.1, 0.15) is 25.8 Å². The monoisotopic (exact) mass is 272 g/mol. The van der Waals surface area contributed by atoms with Crippen LogP contribution in [0.5, 0.6) is 0 Å². The first-order valence-electron chi connectivity index (χ1n) is 6.58. The van der Waals surface area contributed by atoms with Gasteiger partial charge in [0.1, 0.15) is 0 Å². The van der Waals surface area contributed by atoms with Gasteiger partial charge in [-0.2, -0.15) is 0 Å². The minimum Gasteiger partial charge on any atom is -0.326 e. The maximum absolute atomic E-state index is 11.7. The van der Waals surface area contributed by atoms with Crippen LogP contribution >= 0.6 is 0 Å². The Balaban J connectivity index is 2.83. The van der Waals surface area contributed by atoms with Gasteiger partial charge in [0.2, 0.25) is 11.8 Å². The second-order valence-electron chi connectivity index (χ2n) is 4.25. The molecule has 1 aromatic carbocycles. The van der Waals surface area contributed by atoms with Gasteiger partial charge in [-0.05, 0) is 31.5 Å². The molecule has 2 N–H and O–H groups in total. The topological polar surface area (TPSA) is 58.2 Å². The van der Waals surface area contributed by atoms with Crippen LogP contribution in [0.15, 0.2) is 42.5 Å². The molecule has 106 valence electrons. The molecule has 0 saturated heterocycles. The fourth-order valence-electron chi connectivity index (χ4n) is 1.57. The predicted octanol–water partition coefficient (Wildman–Crippen LogP) is 3.41. The lowest BCUT2D eigenvalue weighted by molar-refractivity contribution is -0.116. The molecule has 0 saturated carbocycles. The van der Waals surface area contributed by atoms with E-state index in [1.165, 1.54) is 6.08 Å². The lowest BCUT2D eigenvalue weighted by atomic mass is 10.1. The second kappa shape index (κ2) is 7.94. The smallest absolute Gasteiger partial charge is 0.248 e. The summed E-state index contributed by atoms with van der Waals surface area (Å²) in [5, 5.41) is 5.60. The number of anilines is 2. The van der Waals surface area contributed by atoms with E-state index in [2.05, 4.69) is 10.6 Å². The molecule has 0 unspecified atom stereocenters. The van der Waals surface area contributed by atoms with Gasteiger partial charge < -0.3 is 10.6 Å². The lowest BCUT2D eigenvalue weighted by Crippen LogP contribution is -2.13. The zero-order valence-corrected chi connectivity index (χ0v) is 12.1. The summed E-state index contributed by atoms with van der Waals surface area (Å²) in [6, 6.07) is 5.41. The zero-order valence-electron chi connectivity index (χ0n) is 12.1. The first kappa shape index (κ1) is 15.7. The van der Waals surface area contributed by atoms with Gasteiger partial charge in [-0.15, -0.1) is 0 Å². The van der Waals surface area contributed by atoms with E-state index in [9.17, 15) is 9.59 Å². The van der Waals surface area contributed by atoms with Crippen molar-refractivity contribution in [3.05, 3.63) is 48.1 Å². The molecule has 0 spiro atoms. The number of rotatable bonds is 5. The van der Waals surface area contributed by atoms with Gasteiger partial charge in [-0.3, -0.25) is 9.59 Å². The molecule has 4 nitrogen and oxygen atoms in total. The Kier molecular flexibility index (Phi) is 6.23. The highest BCUT2D eigenvalue weighted by Crippen LogP contribution is 2.23. The first-order valence-corrected chi connectivity index (χ1v) is 6.58. The van der Waals surface area contributed by atoms with Crippen LogP contribution in [-0.4, -0.2) is 11.8 Å². The third-order valence-corrected chi connectivity index (χ3v) is 2.74. The van der Waals surface area contributed by atoms with Gasteiger partial charge >= 0.3 is 0 Å². The summed E-state index contributed by atoms with van der Waals surface area (Å²) in [4.78, 5) is 23.1. The predicted molar refractivity (Wildman–Crippen MR) is 82.7 cm³/mol. The third kappa shape index (κ3) is 4.72. The van der Waals surface area contributed by atoms with Crippen molar-refractivity contribution in [1.82, 2.24) is 0 Å². The minimum absolute atomic E-state index is 0.0513. The standard InChI is InChI=1S/C16H20N2O2/c1-4-6-7-11-16(20)18-14-10-8-9-13(12(14)3)17-15(19)5-2/h4,6-11H,5H2,1-3H3,(H,17,19)(H,18,20)/b6-4-,11-7+. The molecule has 1 aromatic rings. The van der Waals surface area contributed by atoms with Crippen LogP contribution in [0.2, 0.25) is 0 Å². The van der Waals surface area contributed by atoms with Crippen molar-refractivity contribution in [3.63, 3.8) is 0 Å². The summed E-state index contributed by atoms with van der Waals surface area (Å²) in [5.41, 5.74) is 2.24. The van der Waals surface area contributed by atoms with Crippen molar-refractivity contribution in [2.75, 3.05) is 10.6 Å². The molecule has 0 aromatic heterocycles. The van der Waals surface area contributed by atoms with Gasteiger partial charge in [0.15, 0.2) is 0 Å². The number of amides is 2. The Morgan fingerprint density at radius 2 is 1.80 bits per heavy atom. The highest BCUT2D eigenvalue weighted by atomic mass is 16.2. The molecule has 0 heterocycles. The van der Waals surface area contributed by atoms with E-state index in [1.54, 1.807) is 31.2 Å². The highest BCUT2D eigenvalue weighted by Gasteiger charge is 2.07. The van der Waals surface area contributed by atoms with E-state index in [1.807, 2.05) is 26.0 Å². The Hall–Kier alpha value is -2.36. The highest BCUT2D eigenvalue weighted by molar-refractivity contribution is 6.01. The van der Waals surface area contributed by atoms with E-state index in [0.717, 1.165) is 5.56 Å². The van der Waals surface area contributed by atoms with Crippen molar-refractivity contribution < 1.29 is 9.59 Å². The molecule has 4 heteroatoms. The number of nitrogens with one attached hydrogen (secondary N) is 2. The fourth-order valence-corrected chi connectivity index (χ4v) is 1.57. The Labute approximate surface area is 119 Å². The molecule has 0 bridgehead atoms. The van der Waals surface area contributed by atoms with Crippen molar-refractivity contribution in [3.8, 4) is 0 Å².